The molecule has 0 bridgehead atoms. The Kier molecular flexibility index (Phi) is 2.36. The first kappa shape index (κ1) is 9.63. The fourth-order valence-electron chi connectivity index (χ4n) is 1.34. The van der Waals surface area contributed by atoms with Crippen molar-refractivity contribution >= 4 is 11.9 Å². The van der Waals surface area contributed by atoms with Crippen LogP contribution < -0.4 is 5.32 Å². The largest absolute Gasteiger partial charge is 0.480 e. The zero-order chi connectivity index (χ0) is 10.8. The lowest BCUT2D eigenvalue weighted by atomic mass is 10.2. The van der Waals surface area contributed by atoms with Gasteiger partial charge in [-0.25, -0.2) is 4.79 Å². The van der Waals surface area contributed by atoms with E-state index in [1.807, 2.05) is 0 Å². The normalized spacial score (nSPS) is 17.1. The topological polar surface area (TPSA) is 108 Å². The quantitative estimate of drug-likeness (QED) is 0.614. The van der Waals surface area contributed by atoms with Crippen molar-refractivity contribution in [2.45, 2.75) is 18.9 Å². The van der Waals surface area contributed by atoms with Gasteiger partial charge >= 0.3 is 5.97 Å². The maximum atomic E-state index is 11.5. The molecule has 1 heterocycles. The van der Waals surface area contributed by atoms with Crippen molar-refractivity contribution in [2.24, 2.45) is 5.92 Å². The summed E-state index contributed by atoms with van der Waals surface area (Å²) >= 11 is 0. The summed E-state index contributed by atoms with van der Waals surface area (Å²) in [5.41, 5.74) is 0.0990. The number of carbonyl (C=O) groups is 2. The number of carboxylic acids is 1. The van der Waals surface area contributed by atoms with Crippen molar-refractivity contribution < 1.29 is 14.7 Å². The number of hydrogen-bond acceptors (Lipinski definition) is 4. The Balaban J connectivity index is 2.00. The highest BCUT2D eigenvalue weighted by Crippen LogP contribution is 2.32. The Bertz CT molecular complexity index is 371. The molecule has 1 aliphatic carbocycles. The van der Waals surface area contributed by atoms with Gasteiger partial charge in [-0.2, -0.15) is 15.4 Å². The lowest BCUT2D eigenvalue weighted by Gasteiger charge is -2.11. The molecule has 1 aliphatic rings. The number of hydrogen-bond donors (Lipinski definition) is 3. The monoisotopic (exact) mass is 210 g/mol. The molecule has 2 rings (SSSR count). The molecule has 0 spiro atoms. The summed E-state index contributed by atoms with van der Waals surface area (Å²) in [6.45, 7) is 0. The minimum atomic E-state index is -1.01. The molecule has 1 saturated carbocycles. The molecule has 7 nitrogen and oxygen atoms in total. The van der Waals surface area contributed by atoms with Crippen molar-refractivity contribution in [1.29, 1.82) is 0 Å². The van der Waals surface area contributed by atoms with E-state index in [0.717, 1.165) is 12.8 Å². The van der Waals surface area contributed by atoms with Crippen LogP contribution in [0.2, 0.25) is 0 Å². The van der Waals surface area contributed by atoms with Crippen LogP contribution in [0.3, 0.4) is 0 Å². The number of aromatic nitrogens is 3. The van der Waals surface area contributed by atoms with Crippen LogP contribution in [-0.4, -0.2) is 38.4 Å². The van der Waals surface area contributed by atoms with Gasteiger partial charge in [0, 0.05) is 0 Å². The number of amides is 1. The van der Waals surface area contributed by atoms with E-state index in [1.54, 1.807) is 0 Å². The maximum absolute atomic E-state index is 11.5. The van der Waals surface area contributed by atoms with E-state index in [4.69, 9.17) is 5.11 Å². The molecule has 15 heavy (non-hydrogen) atoms. The fraction of sp³-hybridized carbons (Fsp3) is 0.500. The Morgan fingerprint density at radius 1 is 1.60 bits per heavy atom. The Morgan fingerprint density at radius 3 is 2.80 bits per heavy atom. The number of aromatic amines is 1. The number of H-pyrrole nitrogens is 1. The van der Waals surface area contributed by atoms with Crippen LogP contribution in [0.15, 0.2) is 6.20 Å². The molecule has 1 fully saturated rings. The number of carbonyl (C=O) groups excluding carboxylic acids is 1. The lowest BCUT2D eigenvalue weighted by molar-refractivity contribution is -0.139. The Hall–Kier alpha value is -1.92. The molecule has 0 saturated heterocycles. The summed E-state index contributed by atoms with van der Waals surface area (Å²) in [7, 11) is 0. The standard InChI is InChI=1S/C8H10N4O3/c13-7(5-3-9-12-11-5)10-6(8(14)15)4-1-2-4/h3-4,6H,1-2H2,(H,10,13)(H,14,15)(H,9,11,12). The molecule has 1 amide bonds. The van der Waals surface area contributed by atoms with Crippen LogP contribution >= 0.6 is 0 Å². The number of rotatable bonds is 4. The molecule has 80 valence electrons. The van der Waals surface area contributed by atoms with E-state index in [-0.39, 0.29) is 11.6 Å². The Morgan fingerprint density at radius 2 is 2.33 bits per heavy atom. The second kappa shape index (κ2) is 3.68. The number of aliphatic carboxylic acids is 1. The summed E-state index contributed by atoms with van der Waals surface area (Å²) in [5.74, 6) is -1.46. The van der Waals surface area contributed by atoms with Crippen molar-refractivity contribution in [2.75, 3.05) is 0 Å². The highest BCUT2D eigenvalue weighted by atomic mass is 16.4. The van der Waals surface area contributed by atoms with Gasteiger partial charge in [0.05, 0.1) is 6.20 Å². The maximum Gasteiger partial charge on any atom is 0.326 e. The predicted octanol–water partition coefficient (Wildman–Crippen LogP) is -0.602. The zero-order valence-corrected chi connectivity index (χ0v) is 7.80. The average Bonchev–Trinajstić information content (AvgIpc) is 2.87. The summed E-state index contributed by atoms with van der Waals surface area (Å²) in [4.78, 5) is 22.3. The highest BCUT2D eigenvalue weighted by molar-refractivity contribution is 5.94. The van der Waals surface area contributed by atoms with E-state index in [0.29, 0.717) is 0 Å². The van der Waals surface area contributed by atoms with E-state index in [9.17, 15) is 9.59 Å². The van der Waals surface area contributed by atoms with Gasteiger partial charge in [-0.3, -0.25) is 4.79 Å². The van der Waals surface area contributed by atoms with Gasteiger partial charge < -0.3 is 10.4 Å². The minimum absolute atomic E-state index is 0.0540. The summed E-state index contributed by atoms with van der Waals surface area (Å²) in [5, 5.41) is 20.6. The predicted molar refractivity (Wildman–Crippen MR) is 48.0 cm³/mol. The van der Waals surface area contributed by atoms with Gasteiger partial charge in [0.25, 0.3) is 5.91 Å². The molecule has 7 heteroatoms. The van der Waals surface area contributed by atoms with Crippen LogP contribution in [0, 0.1) is 5.92 Å². The molecule has 1 aromatic heterocycles. The fourth-order valence-corrected chi connectivity index (χ4v) is 1.34. The molecule has 1 unspecified atom stereocenters. The second-order valence-electron chi connectivity index (χ2n) is 3.48. The van der Waals surface area contributed by atoms with Gasteiger partial charge in [0.1, 0.15) is 6.04 Å². The van der Waals surface area contributed by atoms with Gasteiger partial charge in [-0.15, -0.1) is 0 Å². The number of carboxylic acid groups (broad SMARTS) is 1. The molecule has 3 N–H and O–H groups in total. The van der Waals surface area contributed by atoms with Gasteiger partial charge in [0.15, 0.2) is 5.69 Å². The van der Waals surface area contributed by atoms with Crippen LogP contribution in [0.4, 0.5) is 0 Å². The third-order valence-corrected chi connectivity index (χ3v) is 2.29. The highest BCUT2D eigenvalue weighted by Gasteiger charge is 2.37. The van der Waals surface area contributed by atoms with E-state index in [1.165, 1.54) is 6.20 Å². The van der Waals surface area contributed by atoms with Crippen LogP contribution in [0.1, 0.15) is 23.3 Å². The first-order chi connectivity index (χ1) is 7.18. The average molecular weight is 210 g/mol. The number of nitrogens with zero attached hydrogens (tertiary/aromatic N) is 2. The minimum Gasteiger partial charge on any atom is -0.480 e. The van der Waals surface area contributed by atoms with Crippen LogP contribution in [0.25, 0.3) is 0 Å². The zero-order valence-electron chi connectivity index (χ0n) is 7.80. The van der Waals surface area contributed by atoms with Crippen molar-refractivity contribution in [3.8, 4) is 0 Å². The van der Waals surface area contributed by atoms with Gasteiger partial charge in [0.2, 0.25) is 0 Å². The van der Waals surface area contributed by atoms with E-state index < -0.39 is 17.9 Å². The van der Waals surface area contributed by atoms with Gasteiger partial charge in [-0.1, -0.05) is 0 Å². The van der Waals surface area contributed by atoms with E-state index in [2.05, 4.69) is 20.7 Å². The van der Waals surface area contributed by atoms with Crippen LogP contribution in [-0.2, 0) is 4.79 Å². The smallest absolute Gasteiger partial charge is 0.326 e. The lowest BCUT2D eigenvalue weighted by Crippen LogP contribution is -2.42. The van der Waals surface area contributed by atoms with Crippen molar-refractivity contribution in [3.05, 3.63) is 11.9 Å². The molecule has 1 aromatic rings. The summed E-state index contributed by atoms with van der Waals surface area (Å²) in [6, 6.07) is -0.811. The second-order valence-corrected chi connectivity index (χ2v) is 3.48. The van der Waals surface area contributed by atoms with Crippen molar-refractivity contribution in [1.82, 2.24) is 20.7 Å². The SMILES string of the molecule is O=C(NC(C(=O)O)C1CC1)c1cn[nH]n1. The molecule has 0 aliphatic heterocycles. The molecular formula is C8H10N4O3. The number of nitrogens with one attached hydrogen (secondary N) is 2. The first-order valence-electron chi connectivity index (χ1n) is 4.58. The Labute approximate surface area is 84.9 Å². The van der Waals surface area contributed by atoms with Crippen molar-refractivity contribution in [3.63, 3.8) is 0 Å². The van der Waals surface area contributed by atoms with E-state index >= 15 is 0 Å². The summed E-state index contributed by atoms with van der Waals surface area (Å²) in [6.07, 6.45) is 2.94. The molecule has 1 atom stereocenters. The summed E-state index contributed by atoms with van der Waals surface area (Å²) < 4.78 is 0. The molecule has 0 radical (unpaired) electrons. The van der Waals surface area contributed by atoms with Crippen LogP contribution in [0.5, 0.6) is 0 Å². The molecular weight excluding hydrogens is 200 g/mol. The molecule has 0 aromatic carbocycles. The van der Waals surface area contributed by atoms with Gasteiger partial charge in [-0.05, 0) is 18.8 Å². The first-order valence-corrected chi connectivity index (χ1v) is 4.58. The third kappa shape index (κ3) is 2.12. The third-order valence-electron chi connectivity index (χ3n) is 2.29.